The maximum absolute atomic E-state index is 12.7. The second kappa shape index (κ2) is 7.74. The first-order valence-electron chi connectivity index (χ1n) is 8.68. The van der Waals surface area contributed by atoms with Crippen LogP contribution in [0.5, 0.6) is 0 Å². The van der Waals surface area contributed by atoms with Gasteiger partial charge < -0.3 is 0 Å². The zero-order chi connectivity index (χ0) is 19.5. The molecule has 0 bridgehead atoms. The fourth-order valence-electron chi connectivity index (χ4n) is 3.00. The molecular formula is C23H15BrN2O2. The van der Waals surface area contributed by atoms with Crippen molar-refractivity contribution in [2.24, 2.45) is 0 Å². The van der Waals surface area contributed by atoms with Gasteiger partial charge in [0.05, 0.1) is 5.52 Å². The monoisotopic (exact) mass is 430 g/mol. The van der Waals surface area contributed by atoms with E-state index in [1.165, 1.54) is 0 Å². The zero-order valence-corrected chi connectivity index (χ0v) is 16.3. The van der Waals surface area contributed by atoms with E-state index in [-0.39, 0.29) is 5.69 Å². The van der Waals surface area contributed by atoms with Gasteiger partial charge in [0, 0.05) is 15.4 Å². The fourth-order valence-corrected chi connectivity index (χ4v) is 3.36. The van der Waals surface area contributed by atoms with Crippen LogP contribution in [-0.2, 0) is 0 Å². The van der Waals surface area contributed by atoms with Crippen LogP contribution < -0.4 is 5.32 Å². The van der Waals surface area contributed by atoms with Crippen molar-refractivity contribution in [3.63, 3.8) is 0 Å². The Morgan fingerprint density at radius 2 is 1.46 bits per heavy atom. The van der Waals surface area contributed by atoms with E-state index in [1.807, 2.05) is 54.6 Å². The summed E-state index contributed by atoms with van der Waals surface area (Å²) in [6.45, 7) is 0. The molecule has 1 heterocycles. The van der Waals surface area contributed by atoms with Crippen LogP contribution in [0.3, 0.4) is 0 Å². The highest BCUT2D eigenvalue weighted by molar-refractivity contribution is 9.10. The lowest BCUT2D eigenvalue weighted by molar-refractivity contribution is 0.0846. The number of benzene rings is 3. The molecule has 28 heavy (non-hydrogen) atoms. The van der Waals surface area contributed by atoms with E-state index in [9.17, 15) is 9.59 Å². The van der Waals surface area contributed by atoms with Gasteiger partial charge in [-0.3, -0.25) is 14.9 Å². The van der Waals surface area contributed by atoms with Gasteiger partial charge in [-0.1, -0.05) is 64.5 Å². The Kier molecular flexibility index (Phi) is 5.00. The highest BCUT2D eigenvalue weighted by Crippen LogP contribution is 2.30. The Morgan fingerprint density at radius 1 is 0.786 bits per heavy atom. The van der Waals surface area contributed by atoms with E-state index in [0.29, 0.717) is 11.1 Å². The van der Waals surface area contributed by atoms with Gasteiger partial charge in [-0.05, 0) is 47.5 Å². The van der Waals surface area contributed by atoms with Crippen molar-refractivity contribution < 1.29 is 9.59 Å². The van der Waals surface area contributed by atoms with Gasteiger partial charge in [0.2, 0.25) is 0 Å². The topological polar surface area (TPSA) is 59.1 Å². The van der Waals surface area contributed by atoms with Crippen LogP contribution in [0.2, 0.25) is 0 Å². The molecule has 0 saturated heterocycles. The normalized spacial score (nSPS) is 10.6. The van der Waals surface area contributed by atoms with E-state index in [2.05, 4.69) is 26.2 Å². The lowest BCUT2D eigenvalue weighted by Gasteiger charge is -2.11. The highest BCUT2D eigenvalue weighted by atomic mass is 79.9. The van der Waals surface area contributed by atoms with Crippen molar-refractivity contribution in [2.75, 3.05) is 0 Å². The summed E-state index contributed by atoms with van der Waals surface area (Å²) in [6, 6.07) is 25.8. The minimum absolute atomic E-state index is 0.193. The van der Waals surface area contributed by atoms with Crippen molar-refractivity contribution in [1.82, 2.24) is 10.3 Å². The second-order valence-electron chi connectivity index (χ2n) is 6.23. The van der Waals surface area contributed by atoms with Crippen LogP contribution in [0.4, 0.5) is 0 Å². The van der Waals surface area contributed by atoms with E-state index in [1.54, 1.807) is 30.3 Å². The van der Waals surface area contributed by atoms with Crippen LogP contribution in [0, 0.1) is 0 Å². The van der Waals surface area contributed by atoms with E-state index in [0.717, 1.165) is 21.0 Å². The average Bonchev–Trinajstić information content (AvgIpc) is 2.74. The molecule has 4 rings (SSSR count). The Labute approximate surface area is 170 Å². The number of rotatable bonds is 3. The van der Waals surface area contributed by atoms with Crippen molar-refractivity contribution in [1.29, 1.82) is 0 Å². The maximum atomic E-state index is 12.7. The summed E-state index contributed by atoms with van der Waals surface area (Å²) in [4.78, 5) is 29.5. The molecule has 0 fully saturated rings. The molecule has 0 atom stereocenters. The third kappa shape index (κ3) is 3.70. The molecule has 0 aliphatic carbocycles. The minimum Gasteiger partial charge on any atom is -0.287 e. The van der Waals surface area contributed by atoms with Gasteiger partial charge in [-0.2, -0.15) is 0 Å². The summed E-state index contributed by atoms with van der Waals surface area (Å²) < 4.78 is 0.926. The number of hydrogen-bond acceptors (Lipinski definition) is 3. The summed E-state index contributed by atoms with van der Waals surface area (Å²) in [7, 11) is 0. The van der Waals surface area contributed by atoms with Gasteiger partial charge >= 0.3 is 0 Å². The number of carbonyl (C=O) groups excluding carboxylic acids is 2. The Balaban J connectivity index is 1.76. The van der Waals surface area contributed by atoms with Crippen molar-refractivity contribution in [2.45, 2.75) is 0 Å². The number of aromatic nitrogens is 1. The molecule has 0 spiro atoms. The minimum atomic E-state index is -0.532. The van der Waals surface area contributed by atoms with Gasteiger partial charge in [0.15, 0.2) is 0 Å². The molecule has 3 aromatic carbocycles. The predicted octanol–water partition coefficient (Wildman–Crippen LogP) is 5.23. The maximum Gasteiger partial charge on any atom is 0.276 e. The second-order valence-corrected chi connectivity index (χ2v) is 7.15. The number of amides is 2. The quantitative estimate of drug-likeness (QED) is 0.452. The highest BCUT2D eigenvalue weighted by Gasteiger charge is 2.16. The van der Waals surface area contributed by atoms with Crippen molar-refractivity contribution in [3.8, 4) is 11.1 Å². The Bertz CT molecular complexity index is 1180. The average molecular weight is 431 g/mol. The predicted molar refractivity (Wildman–Crippen MR) is 113 cm³/mol. The first-order chi connectivity index (χ1) is 13.6. The number of nitrogens with zero attached hydrogens (tertiary/aromatic N) is 1. The largest absolute Gasteiger partial charge is 0.287 e. The summed E-state index contributed by atoms with van der Waals surface area (Å²) in [5, 5.41) is 3.34. The molecule has 4 nitrogen and oxygen atoms in total. The third-order valence-electron chi connectivity index (χ3n) is 4.35. The number of fused-ring (bicyclic) bond motifs is 1. The molecule has 0 aliphatic heterocycles. The molecule has 0 saturated carbocycles. The standard InChI is InChI=1S/C23H15BrN2O2/c24-17-11-12-20-19(13-17)18(15-7-3-1-4-8-15)14-21(25-20)23(28)26-22(27)16-9-5-2-6-10-16/h1-14H,(H,26,27,28). The van der Waals surface area contributed by atoms with Crippen LogP contribution >= 0.6 is 15.9 Å². The molecular weight excluding hydrogens is 416 g/mol. The number of halogens is 1. The smallest absolute Gasteiger partial charge is 0.276 e. The molecule has 0 radical (unpaired) electrons. The number of imide groups is 1. The first-order valence-corrected chi connectivity index (χ1v) is 9.47. The van der Waals surface area contributed by atoms with E-state index in [4.69, 9.17) is 0 Å². The van der Waals surface area contributed by atoms with Gasteiger partial charge in [0.25, 0.3) is 11.8 Å². The summed E-state index contributed by atoms with van der Waals surface area (Å²) in [6.07, 6.45) is 0. The van der Waals surface area contributed by atoms with Crippen LogP contribution in [0.15, 0.2) is 89.4 Å². The molecule has 1 N–H and O–H groups in total. The number of carbonyl (C=O) groups is 2. The SMILES string of the molecule is O=C(NC(=O)c1cc(-c2ccccc2)c2cc(Br)ccc2n1)c1ccccc1. The van der Waals surface area contributed by atoms with Crippen LogP contribution in [-0.4, -0.2) is 16.8 Å². The third-order valence-corrected chi connectivity index (χ3v) is 4.84. The number of nitrogens with one attached hydrogen (secondary N) is 1. The summed E-state index contributed by atoms with van der Waals surface area (Å²) in [5.74, 6) is -0.986. The number of hydrogen-bond donors (Lipinski definition) is 1. The summed E-state index contributed by atoms with van der Waals surface area (Å²) >= 11 is 3.49. The Morgan fingerprint density at radius 3 is 2.18 bits per heavy atom. The van der Waals surface area contributed by atoms with E-state index < -0.39 is 11.8 Å². The van der Waals surface area contributed by atoms with E-state index >= 15 is 0 Å². The summed E-state index contributed by atoms with van der Waals surface area (Å²) in [5.41, 5.74) is 3.14. The van der Waals surface area contributed by atoms with Crippen LogP contribution in [0.25, 0.3) is 22.0 Å². The molecule has 4 aromatic rings. The molecule has 0 unspecified atom stereocenters. The molecule has 0 aliphatic rings. The molecule has 2 amide bonds. The lowest BCUT2D eigenvalue weighted by Crippen LogP contribution is -2.31. The van der Waals surface area contributed by atoms with Crippen LogP contribution in [0.1, 0.15) is 20.8 Å². The van der Waals surface area contributed by atoms with Gasteiger partial charge in [-0.15, -0.1) is 0 Å². The number of pyridine rings is 1. The molecule has 136 valence electrons. The zero-order valence-electron chi connectivity index (χ0n) is 14.7. The first kappa shape index (κ1) is 18.1. The molecule has 5 heteroatoms. The Hall–Kier alpha value is -3.31. The molecule has 1 aromatic heterocycles. The fraction of sp³-hybridized carbons (Fsp3) is 0. The lowest BCUT2D eigenvalue weighted by atomic mass is 10.00. The van der Waals surface area contributed by atoms with Gasteiger partial charge in [0.1, 0.15) is 5.69 Å². The van der Waals surface area contributed by atoms with Crippen molar-refractivity contribution >= 4 is 38.6 Å². The van der Waals surface area contributed by atoms with Crippen molar-refractivity contribution in [3.05, 3.63) is 101 Å². The van der Waals surface area contributed by atoms with Gasteiger partial charge in [-0.25, -0.2) is 4.98 Å².